The number of esters is 1. The molecule has 1 fully saturated rings. The summed E-state index contributed by atoms with van der Waals surface area (Å²) in [6.45, 7) is 4.65. The van der Waals surface area contributed by atoms with Gasteiger partial charge >= 0.3 is 13.8 Å². The molecule has 9 heteroatoms. The fourth-order valence-corrected chi connectivity index (χ4v) is 7.27. The van der Waals surface area contributed by atoms with Gasteiger partial charge in [-0.2, -0.15) is 0 Å². The maximum absolute atomic E-state index is 12.7. The zero-order valence-corrected chi connectivity index (χ0v) is 36.9. The quantitative estimate of drug-likeness (QED) is 0.0207. The predicted molar refractivity (Wildman–Crippen MR) is 240 cm³/mol. The summed E-state index contributed by atoms with van der Waals surface area (Å²) in [4.78, 5) is 22.9. The number of ether oxygens (including phenoxy) is 2. The highest BCUT2D eigenvalue weighted by Gasteiger charge is 2.36. The maximum Gasteiger partial charge on any atom is 0.472 e. The SMILES string of the molecule is CC/C=C\C/C=C\C/C=C\C/C=C\C/C=C\C/C=C\CCC(=O)OC(CO/C=C\CCCCCCCCCCCCCCCC)COP(=O)(O)OC1CC(CN)C1. The Morgan fingerprint density at radius 1 is 0.649 bits per heavy atom. The number of hydrogen-bond acceptors (Lipinski definition) is 7. The first-order chi connectivity index (χ1) is 27.9. The number of phosphoric acid groups is 1. The number of carbonyl (C=O) groups is 1. The average Bonchev–Trinajstić information content (AvgIpc) is 3.18. The molecule has 1 aliphatic carbocycles. The third kappa shape index (κ3) is 35.2. The van der Waals surface area contributed by atoms with Gasteiger partial charge in [-0.15, -0.1) is 0 Å². The second kappa shape index (κ2) is 39.0. The van der Waals surface area contributed by atoms with Crippen LogP contribution < -0.4 is 5.73 Å². The number of unbranched alkanes of at least 4 members (excludes halogenated alkanes) is 14. The average molecular weight is 816 g/mol. The van der Waals surface area contributed by atoms with Gasteiger partial charge in [0.2, 0.25) is 0 Å². The molecule has 1 saturated carbocycles. The van der Waals surface area contributed by atoms with E-state index in [2.05, 4.69) is 74.6 Å². The summed E-state index contributed by atoms with van der Waals surface area (Å²) in [6, 6.07) is 0. The largest absolute Gasteiger partial charge is 0.498 e. The van der Waals surface area contributed by atoms with E-state index in [9.17, 15) is 14.3 Å². The van der Waals surface area contributed by atoms with Crippen LogP contribution in [0.25, 0.3) is 0 Å². The second-order valence-corrected chi connectivity index (χ2v) is 16.6. The first-order valence-corrected chi connectivity index (χ1v) is 24.1. The van der Waals surface area contributed by atoms with Crippen LogP contribution in [0.1, 0.15) is 174 Å². The van der Waals surface area contributed by atoms with Gasteiger partial charge in [0, 0.05) is 6.42 Å². The molecular formula is C48H82NO7P. The van der Waals surface area contributed by atoms with Crippen LogP contribution in [-0.4, -0.2) is 42.8 Å². The van der Waals surface area contributed by atoms with E-state index in [1.807, 2.05) is 18.2 Å². The third-order valence-corrected chi connectivity index (χ3v) is 10.9. The Kier molecular flexibility index (Phi) is 36.0. The Labute approximate surface area is 348 Å². The lowest BCUT2D eigenvalue weighted by molar-refractivity contribution is -0.153. The highest BCUT2D eigenvalue weighted by Crippen LogP contribution is 2.49. The van der Waals surface area contributed by atoms with Crippen molar-refractivity contribution < 1.29 is 32.8 Å². The van der Waals surface area contributed by atoms with E-state index >= 15 is 0 Å². The summed E-state index contributed by atoms with van der Waals surface area (Å²) in [5.74, 6) is -0.119. The Morgan fingerprint density at radius 3 is 1.61 bits per heavy atom. The van der Waals surface area contributed by atoms with Crippen LogP contribution in [0.4, 0.5) is 0 Å². The molecule has 2 atom stereocenters. The Balaban J connectivity index is 2.30. The van der Waals surface area contributed by atoms with E-state index in [-0.39, 0.29) is 25.7 Å². The highest BCUT2D eigenvalue weighted by atomic mass is 31.2. The summed E-state index contributed by atoms with van der Waals surface area (Å²) < 4.78 is 34.4. The number of hydrogen-bond donors (Lipinski definition) is 2. The minimum atomic E-state index is -4.32. The maximum atomic E-state index is 12.7. The first-order valence-electron chi connectivity index (χ1n) is 22.6. The summed E-state index contributed by atoms with van der Waals surface area (Å²) in [5, 5.41) is 0. The van der Waals surface area contributed by atoms with E-state index in [0.29, 0.717) is 31.7 Å². The van der Waals surface area contributed by atoms with Crippen molar-refractivity contribution in [2.75, 3.05) is 19.8 Å². The molecule has 0 spiro atoms. The summed E-state index contributed by atoms with van der Waals surface area (Å²) in [5.41, 5.74) is 5.66. The van der Waals surface area contributed by atoms with Crippen molar-refractivity contribution in [2.45, 2.75) is 187 Å². The number of rotatable bonds is 39. The topological polar surface area (TPSA) is 117 Å². The molecule has 0 aromatic heterocycles. The molecular weight excluding hydrogens is 734 g/mol. The predicted octanol–water partition coefficient (Wildman–Crippen LogP) is 13.6. The molecule has 57 heavy (non-hydrogen) atoms. The van der Waals surface area contributed by atoms with Gasteiger partial charge in [-0.1, -0.05) is 170 Å². The number of allylic oxidation sites excluding steroid dienone is 13. The van der Waals surface area contributed by atoms with Crippen molar-refractivity contribution >= 4 is 13.8 Å². The zero-order chi connectivity index (χ0) is 41.3. The number of carbonyl (C=O) groups excluding carboxylic acids is 1. The van der Waals surface area contributed by atoms with Crippen molar-refractivity contribution in [3.8, 4) is 0 Å². The second-order valence-electron chi connectivity index (χ2n) is 15.2. The van der Waals surface area contributed by atoms with Crippen molar-refractivity contribution in [3.63, 3.8) is 0 Å². The molecule has 0 aromatic rings. The van der Waals surface area contributed by atoms with Crippen molar-refractivity contribution in [3.05, 3.63) is 85.3 Å². The van der Waals surface area contributed by atoms with E-state index in [4.69, 9.17) is 24.3 Å². The van der Waals surface area contributed by atoms with Crippen molar-refractivity contribution in [2.24, 2.45) is 11.7 Å². The van der Waals surface area contributed by atoms with E-state index < -0.39 is 19.9 Å². The molecule has 326 valence electrons. The monoisotopic (exact) mass is 816 g/mol. The number of nitrogens with two attached hydrogens (primary N) is 1. The third-order valence-electron chi connectivity index (χ3n) is 9.84. The van der Waals surface area contributed by atoms with E-state index in [0.717, 1.165) is 51.4 Å². The Morgan fingerprint density at radius 2 is 1.12 bits per heavy atom. The normalized spacial score (nSPS) is 18.0. The standard InChI is InChI=1S/C48H82NO7P/c1-3-5-7-9-11-13-15-17-19-21-22-23-24-26-28-30-32-34-36-38-48(50)55-47(44-54-57(51,52)56-46-40-45(41-46)42-49)43-53-39-37-35-33-31-29-27-25-20-18-16-14-12-10-8-6-4-2/h5,7,11,13,17,19,22-23,26,28,32,34,37,39,45-47H,3-4,6,8-10,12,14-16,18,20-21,24-25,27,29-31,33,35-36,38,40-44,49H2,1-2H3,(H,51,52)/b7-5-,13-11-,19-17-,23-22-,28-26-,34-32-,39-37-. The fourth-order valence-electron chi connectivity index (χ4n) is 6.31. The molecule has 2 unspecified atom stereocenters. The molecule has 0 radical (unpaired) electrons. The highest BCUT2D eigenvalue weighted by molar-refractivity contribution is 7.47. The van der Waals surface area contributed by atoms with Gasteiger partial charge in [-0.3, -0.25) is 13.8 Å². The van der Waals surface area contributed by atoms with Crippen LogP contribution in [0, 0.1) is 5.92 Å². The van der Waals surface area contributed by atoms with Crippen molar-refractivity contribution in [1.29, 1.82) is 0 Å². The van der Waals surface area contributed by atoms with Crippen LogP contribution >= 0.6 is 7.82 Å². The molecule has 8 nitrogen and oxygen atoms in total. The molecule has 0 heterocycles. The van der Waals surface area contributed by atoms with Gasteiger partial charge in [0.05, 0.1) is 19.0 Å². The lowest BCUT2D eigenvalue weighted by Gasteiger charge is -2.34. The van der Waals surface area contributed by atoms with Crippen LogP contribution in [0.3, 0.4) is 0 Å². The fraction of sp³-hybridized carbons (Fsp3) is 0.688. The van der Waals surface area contributed by atoms with Crippen LogP contribution in [0.2, 0.25) is 0 Å². The molecule has 1 aliphatic rings. The van der Waals surface area contributed by atoms with Gasteiger partial charge < -0.3 is 20.1 Å². The molecule has 0 saturated heterocycles. The first kappa shape index (κ1) is 52.5. The van der Waals surface area contributed by atoms with Crippen LogP contribution in [0.5, 0.6) is 0 Å². The van der Waals surface area contributed by atoms with Gasteiger partial charge in [0.25, 0.3) is 0 Å². The van der Waals surface area contributed by atoms with Crippen LogP contribution in [0.15, 0.2) is 85.3 Å². The lowest BCUT2D eigenvalue weighted by Crippen LogP contribution is -2.35. The van der Waals surface area contributed by atoms with E-state index in [1.54, 1.807) is 6.26 Å². The van der Waals surface area contributed by atoms with E-state index in [1.165, 1.54) is 83.5 Å². The molecule has 0 aliphatic heterocycles. The van der Waals surface area contributed by atoms with Gasteiger partial charge in [-0.05, 0) is 89.2 Å². The molecule has 0 aromatic carbocycles. The Hall–Kier alpha value is -2.48. The smallest absolute Gasteiger partial charge is 0.472 e. The molecule has 3 N–H and O–H groups in total. The van der Waals surface area contributed by atoms with Crippen molar-refractivity contribution in [1.82, 2.24) is 0 Å². The lowest BCUT2D eigenvalue weighted by atomic mass is 9.83. The number of phosphoric ester groups is 1. The summed E-state index contributed by atoms with van der Waals surface area (Å²) >= 11 is 0. The van der Waals surface area contributed by atoms with Crippen LogP contribution in [-0.2, 0) is 27.9 Å². The Bertz CT molecular complexity index is 1200. The molecule has 1 rings (SSSR count). The minimum absolute atomic E-state index is 0.0135. The minimum Gasteiger partial charge on any atom is -0.498 e. The summed E-state index contributed by atoms with van der Waals surface area (Å²) in [6.07, 6.45) is 55.3. The molecule has 0 amide bonds. The molecule has 0 bridgehead atoms. The van der Waals surface area contributed by atoms with Gasteiger partial charge in [0.1, 0.15) is 6.61 Å². The summed E-state index contributed by atoms with van der Waals surface area (Å²) in [7, 11) is -4.32. The zero-order valence-electron chi connectivity index (χ0n) is 36.0. The van der Waals surface area contributed by atoms with Gasteiger partial charge in [-0.25, -0.2) is 4.57 Å². The van der Waals surface area contributed by atoms with Gasteiger partial charge in [0.15, 0.2) is 6.10 Å².